The summed E-state index contributed by atoms with van der Waals surface area (Å²) in [6.45, 7) is 9.03. The molecule has 0 bridgehead atoms. The van der Waals surface area contributed by atoms with E-state index in [1.165, 1.54) is 52.1 Å². The zero-order valence-electron chi connectivity index (χ0n) is 20.9. The van der Waals surface area contributed by atoms with Gasteiger partial charge in [-0.3, -0.25) is 4.79 Å². The number of rotatable bonds is 7. The second kappa shape index (κ2) is 9.54. The SMILES string of the molecule is COC(=O)CC[C@@H](C)C1CCC2C3C(CC[C@@]21C)[C@@]1(C)CC[C@H](NCCN)C[C@H]1C[C@H]3O. The first-order valence-corrected chi connectivity index (χ1v) is 13.4. The van der Waals surface area contributed by atoms with Gasteiger partial charge in [0.15, 0.2) is 0 Å². The number of carbonyl (C=O) groups is 1. The fourth-order valence-corrected chi connectivity index (χ4v) is 9.32. The second-order valence-electron chi connectivity index (χ2n) is 12.3. The van der Waals surface area contributed by atoms with Gasteiger partial charge in [0.25, 0.3) is 0 Å². The first-order chi connectivity index (χ1) is 15.2. The Balaban J connectivity index is 1.48. The summed E-state index contributed by atoms with van der Waals surface area (Å²) >= 11 is 0. The van der Waals surface area contributed by atoms with Crippen LogP contribution < -0.4 is 11.1 Å². The molecule has 0 heterocycles. The quantitative estimate of drug-likeness (QED) is 0.510. The van der Waals surface area contributed by atoms with Crippen LogP contribution in [0, 0.1) is 46.3 Å². The molecule has 32 heavy (non-hydrogen) atoms. The number of ether oxygens (including phenoxy) is 1. The zero-order chi connectivity index (χ0) is 23.1. The molecule has 0 radical (unpaired) electrons. The van der Waals surface area contributed by atoms with E-state index in [1.54, 1.807) is 0 Å². The lowest BCUT2D eigenvalue weighted by molar-refractivity contribution is -0.167. The minimum atomic E-state index is -0.153. The van der Waals surface area contributed by atoms with Crippen LogP contribution in [0.2, 0.25) is 0 Å². The number of aliphatic hydroxyl groups is 1. The molecule has 4 unspecified atom stereocenters. The lowest BCUT2D eigenvalue weighted by Gasteiger charge is -2.62. The highest BCUT2D eigenvalue weighted by Crippen LogP contribution is 2.68. The molecule has 4 N–H and O–H groups in total. The molecule has 4 fully saturated rings. The van der Waals surface area contributed by atoms with Gasteiger partial charge in [-0.2, -0.15) is 0 Å². The highest BCUT2D eigenvalue weighted by atomic mass is 16.5. The van der Waals surface area contributed by atoms with Crippen molar-refractivity contribution in [1.29, 1.82) is 0 Å². The molecule has 0 saturated heterocycles. The maximum atomic E-state index is 11.7. The molecule has 0 aromatic rings. The highest BCUT2D eigenvalue weighted by molar-refractivity contribution is 5.69. The number of nitrogens with one attached hydrogen (secondary N) is 1. The lowest BCUT2D eigenvalue weighted by Crippen LogP contribution is -2.59. The van der Waals surface area contributed by atoms with E-state index in [-0.39, 0.29) is 12.1 Å². The molecule has 4 rings (SSSR count). The second-order valence-corrected chi connectivity index (χ2v) is 12.3. The van der Waals surface area contributed by atoms with Crippen LogP contribution in [0.25, 0.3) is 0 Å². The zero-order valence-corrected chi connectivity index (χ0v) is 20.9. The summed E-state index contributed by atoms with van der Waals surface area (Å²) in [5, 5.41) is 15.2. The Hall–Kier alpha value is -0.650. The van der Waals surface area contributed by atoms with Crippen molar-refractivity contribution in [2.45, 2.75) is 97.1 Å². The standard InChI is InChI=1S/C27H48N2O3/c1-17(5-8-24(31)32-4)20-6-7-21-25-22(10-12-27(20,21)3)26(2)11-9-19(29-14-13-28)15-18(26)16-23(25)30/h17-23,25,29-30H,5-16,28H2,1-4H3/t17-,18+,19+,20?,21?,22?,23-,25?,26+,27-/m1/s1. The van der Waals surface area contributed by atoms with Gasteiger partial charge in [0.05, 0.1) is 13.2 Å². The van der Waals surface area contributed by atoms with Gasteiger partial charge in [0, 0.05) is 25.6 Å². The molecule has 0 aromatic carbocycles. The van der Waals surface area contributed by atoms with E-state index < -0.39 is 0 Å². The van der Waals surface area contributed by atoms with Crippen LogP contribution in [0.3, 0.4) is 0 Å². The number of fused-ring (bicyclic) bond motifs is 5. The van der Waals surface area contributed by atoms with Gasteiger partial charge in [-0.15, -0.1) is 0 Å². The van der Waals surface area contributed by atoms with Gasteiger partial charge >= 0.3 is 5.97 Å². The van der Waals surface area contributed by atoms with Crippen molar-refractivity contribution in [3.8, 4) is 0 Å². The lowest BCUT2D eigenvalue weighted by atomic mass is 9.43. The maximum absolute atomic E-state index is 11.7. The van der Waals surface area contributed by atoms with Crippen LogP contribution in [0.4, 0.5) is 0 Å². The molecule has 0 amide bonds. The Kier molecular flexibility index (Phi) is 7.30. The summed E-state index contributed by atoms with van der Waals surface area (Å²) in [6, 6.07) is 0.570. The largest absolute Gasteiger partial charge is 0.469 e. The Morgan fingerprint density at radius 2 is 1.84 bits per heavy atom. The Morgan fingerprint density at radius 1 is 1.12 bits per heavy atom. The number of carbonyl (C=O) groups excluding carboxylic acids is 1. The Bertz CT molecular complexity index is 671. The predicted octanol–water partition coefficient (Wildman–Crippen LogP) is 4.12. The monoisotopic (exact) mass is 448 g/mol. The molecule has 0 aliphatic heterocycles. The number of methoxy groups -OCH3 is 1. The number of nitrogens with two attached hydrogens (primary N) is 1. The normalized spacial score (nSPS) is 46.6. The average molecular weight is 449 g/mol. The van der Waals surface area contributed by atoms with Crippen LogP contribution in [-0.2, 0) is 9.53 Å². The molecule has 5 heteroatoms. The summed E-state index contributed by atoms with van der Waals surface area (Å²) < 4.78 is 4.89. The molecule has 0 aromatic heterocycles. The first-order valence-electron chi connectivity index (χ1n) is 13.4. The molecule has 10 atom stereocenters. The summed E-state index contributed by atoms with van der Waals surface area (Å²) in [5.41, 5.74) is 6.40. The van der Waals surface area contributed by atoms with Crippen molar-refractivity contribution in [2.75, 3.05) is 20.2 Å². The van der Waals surface area contributed by atoms with Crippen LogP contribution >= 0.6 is 0 Å². The van der Waals surface area contributed by atoms with E-state index in [1.807, 2.05) is 0 Å². The van der Waals surface area contributed by atoms with Crippen LogP contribution in [-0.4, -0.2) is 43.4 Å². The number of aliphatic hydroxyl groups excluding tert-OH is 1. The van der Waals surface area contributed by atoms with Crippen molar-refractivity contribution in [1.82, 2.24) is 5.32 Å². The van der Waals surface area contributed by atoms with Crippen LogP contribution in [0.15, 0.2) is 0 Å². The summed E-state index contributed by atoms with van der Waals surface area (Å²) in [5.74, 6) is 3.49. The van der Waals surface area contributed by atoms with Gasteiger partial charge in [-0.25, -0.2) is 0 Å². The van der Waals surface area contributed by atoms with Gasteiger partial charge in [0.1, 0.15) is 0 Å². The van der Waals surface area contributed by atoms with E-state index in [0.717, 1.165) is 19.4 Å². The Labute approximate surface area is 195 Å². The molecule has 5 nitrogen and oxygen atoms in total. The van der Waals surface area contributed by atoms with Gasteiger partial charge in [-0.05, 0) is 104 Å². The van der Waals surface area contributed by atoms with Gasteiger partial charge in [0.2, 0.25) is 0 Å². The third-order valence-corrected chi connectivity index (χ3v) is 11.1. The van der Waals surface area contributed by atoms with Gasteiger partial charge in [-0.1, -0.05) is 20.8 Å². The Morgan fingerprint density at radius 3 is 2.56 bits per heavy atom. The average Bonchev–Trinajstić information content (AvgIpc) is 3.13. The van der Waals surface area contributed by atoms with Crippen molar-refractivity contribution < 1.29 is 14.6 Å². The molecular formula is C27H48N2O3. The predicted molar refractivity (Wildman–Crippen MR) is 128 cm³/mol. The van der Waals surface area contributed by atoms with Crippen LogP contribution in [0.1, 0.15) is 85.0 Å². The summed E-state index contributed by atoms with van der Waals surface area (Å²) in [6.07, 6.45) is 11.1. The smallest absolute Gasteiger partial charge is 0.305 e. The molecule has 4 aliphatic rings. The number of esters is 1. The minimum absolute atomic E-state index is 0.0847. The topological polar surface area (TPSA) is 84.6 Å². The van der Waals surface area contributed by atoms with Crippen molar-refractivity contribution in [3.05, 3.63) is 0 Å². The maximum Gasteiger partial charge on any atom is 0.305 e. The first kappa shape index (κ1) is 24.5. The van der Waals surface area contributed by atoms with E-state index in [9.17, 15) is 9.90 Å². The van der Waals surface area contributed by atoms with E-state index in [2.05, 4.69) is 26.1 Å². The van der Waals surface area contributed by atoms with Crippen LogP contribution in [0.5, 0.6) is 0 Å². The fraction of sp³-hybridized carbons (Fsp3) is 0.963. The third-order valence-electron chi connectivity index (χ3n) is 11.1. The third kappa shape index (κ3) is 4.15. The van der Waals surface area contributed by atoms with Crippen molar-refractivity contribution >= 4 is 5.97 Å². The van der Waals surface area contributed by atoms with Crippen molar-refractivity contribution in [2.24, 2.45) is 52.1 Å². The number of hydrogen-bond acceptors (Lipinski definition) is 5. The van der Waals surface area contributed by atoms with Gasteiger partial charge < -0.3 is 20.9 Å². The molecule has 184 valence electrons. The highest BCUT2D eigenvalue weighted by Gasteiger charge is 2.62. The summed E-state index contributed by atoms with van der Waals surface area (Å²) in [7, 11) is 1.49. The fourth-order valence-electron chi connectivity index (χ4n) is 9.32. The molecule has 4 aliphatic carbocycles. The van der Waals surface area contributed by atoms with E-state index in [4.69, 9.17) is 10.5 Å². The molecule has 0 spiro atoms. The number of hydrogen-bond donors (Lipinski definition) is 3. The van der Waals surface area contributed by atoms with E-state index >= 15 is 0 Å². The van der Waals surface area contributed by atoms with Crippen molar-refractivity contribution in [3.63, 3.8) is 0 Å². The van der Waals surface area contributed by atoms with E-state index in [0.29, 0.717) is 65.3 Å². The minimum Gasteiger partial charge on any atom is -0.469 e. The molecular weight excluding hydrogens is 400 g/mol. The summed E-state index contributed by atoms with van der Waals surface area (Å²) in [4.78, 5) is 11.7. The molecule has 4 saturated carbocycles.